The van der Waals surface area contributed by atoms with E-state index in [1.807, 2.05) is 0 Å². The number of rotatable bonds is 5. The Morgan fingerprint density at radius 1 is 1.08 bits per heavy atom. The molecule has 11 heteroatoms. The number of primary amides is 1. The fourth-order valence-electron chi connectivity index (χ4n) is 6.18. The molecule has 11 nitrogen and oxygen atoms in total. The fraction of sp³-hybridized carbons (Fsp3) is 0.462. The predicted octanol–water partition coefficient (Wildman–Crippen LogP) is -0.875. The van der Waals surface area contributed by atoms with Crippen molar-refractivity contribution in [3.05, 3.63) is 41.1 Å². The van der Waals surface area contributed by atoms with E-state index in [9.17, 15) is 39.0 Å². The summed E-state index contributed by atoms with van der Waals surface area (Å²) in [6, 6.07) is 1.36. The lowest BCUT2D eigenvalue weighted by Crippen LogP contribution is -2.74. The van der Waals surface area contributed by atoms with Gasteiger partial charge in [-0.1, -0.05) is 6.58 Å². The van der Waals surface area contributed by atoms with Crippen molar-refractivity contribution in [2.24, 2.45) is 29.4 Å². The second-order valence-corrected chi connectivity index (χ2v) is 10.4. The Morgan fingerprint density at radius 3 is 2.24 bits per heavy atom. The van der Waals surface area contributed by atoms with Gasteiger partial charge in [-0.2, -0.15) is 0 Å². The van der Waals surface area contributed by atoms with Gasteiger partial charge in [-0.15, -0.1) is 0 Å². The maximum Gasteiger partial charge on any atom is 0.235 e. The maximum absolute atomic E-state index is 13.8. The minimum Gasteiger partial charge on any atom is -0.507 e. The Labute approximate surface area is 212 Å². The molecule has 2 saturated carbocycles. The number of nitrogens with zero attached hydrogens (tertiary/aromatic N) is 2. The number of phenolic OH excluding ortho intramolecular Hbond substituents is 1. The third-order valence-electron chi connectivity index (χ3n) is 7.99. The number of nitrogens with two attached hydrogens (primary N) is 1. The van der Waals surface area contributed by atoms with Crippen LogP contribution in [0.15, 0.2) is 24.4 Å². The molecular weight excluding hydrogens is 482 g/mol. The molecule has 3 aliphatic carbocycles. The van der Waals surface area contributed by atoms with Gasteiger partial charge in [0.2, 0.25) is 11.7 Å². The number of aromatic hydroxyl groups is 1. The van der Waals surface area contributed by atoms with E-state index in [-0.39, 0.29) is 35.2 Å². The first-order valence-corrected chi connectivity index (χ1v) is 11.8. The van der Waals surface area contributed by atoms with Crippen LogP contribution >= 0.6 is 0 Å². The van der Waals surface area contributed by atoms with Gasteiger partial charge in [0.05, 0.1) is 23.2 Å². The van der Waals surface area contributed by atoms with E-state index < -0.39 is 75.9 Å². The molecule has 4 N–H and O–H groups in total. The van der Waals surface area contributed by atoms with Gasteiger partial charge in [-0.3, -0.25) is 33.7 Å². The molecule has 2 fully saturated rings. The van der Waals surface area contributed by atoms with Gasteiger partial charge in [0.15, 0.2) is 34.7 Å². The van der Waals surface area contributed by atoms with Crippen LogP contribution in [0.4, 0.5) is 0 Å². The summed E-state index contributed by atoms with van der Waals surface area (Å²) in [5, 5.41) is 22.1. The number of benzene rings is 1. The average molecular weight is 512 g/mol. The zero-order valence-corrected chi connectivity index (χ0v) is 21.0. The standard InChI is InChI=1S/C26H29N3O8/c1-10(28(2)3)20(31)12-6-7-15(30)17-13(12)8-11-9-14-19(29(4)5)22(33)18(25(27)36)24(35)26(14,37)23(34)16(11)21(17)32/h6-7,11,14,16,18-19,30,37H,1,8-9H2,2-5H3,(H2,27,36). The zero-order chi connectivity index (χ0) is 27.7. The van der Waals surface area contributed by atoms with E-state index >= 15 is 0 Å². The number of likely N-dealkylation sites (N-methyl/N-ethyl adjacent to an activating group) is 2. The maximum atomic E-state index is 13.8. The number of aliphatic hydroxyl groups is 1. The number of Topliss-reactive ketones (excluding diaryl/α,β-unsaturated/α-hetero) is 5. The van der Waals surface area contributed by atoms with Crippen molar-refractivity contribution in [2.75, 3.05) is 28.2 Å². The fourth-order valence-corrected chi connectivity index (χ4v) is 6.18. The van der Waals surface area contributed by atoms with Crippen LogP contribution in [0.5, 0.6) is 5.75 Å². The normalized spacial score (nSPS) is 30.9. The van der Waals surface area contributed by atoms with Crippen molar-refractivity contribution in [1.82, 2.24) is 9.80 Å². The number of carbonyl (C=O) groups is 6. The summed E-state index contributed by atoms with van der Waals surface area (Å²) < 4.78 is 0. The van der Waals surface area contributed by atoms with Crippen LogP contribution in [0, 0.1) is 23.7 Å². The number of hydrogen-bond donors (Lipinski definition) is 3. The first-order valence-electron chi connectivity index (χ1n) is 11.8. The van der Waals surface area contributed by atoms with Gasteiger partial charge in [-0.05, 0) is 50.6 Å². The van der Waals surface area contributed by atoms with Crippen molar-refractivity contribution in [2.45, 2.75) is 24.5 Å². The van der Waals surface area contributed by atoms with Crippen LogP contribution in [0.1, 0.15) is 32.7 Å². The van der Waals surface area contributed by atoms with Crippen molar-refractivity contribution in [3.8, 4) is 5.75 Å². The number of ketones is 5. The second-order valence-electron chi connectivity index (χ2n) is 10.4. The molecule has 1 aromatic carbocycles. The van der Waals surface area contributed by atoms with E-state index in [1.54, 1.807) is 14.1 Å². The molecule has 0 heterocycles. The van der Waals surface area contributed by atoms with Crippen LogP contribution in [0.25, 0.3) is 0 Å². The molecule has 0 spiro atoms. The highest BCUT2D eigenvalue weighted by Gasteiger charge is 2.69. The number of carbonyl (C=O) groups excluding carboxylic acids is 6. The highest BCUT2D eigenvalue weighted by Crippen LogP contribution is 2.51. The number of amides is 1. The van der Waals surface area contributed by atoms with Gasteiger partial charge in [0.25, 0.3) is 0 Å². The molecule has 0 aliphatic heterocycles. The highest BCUT2D eigenvalue weighted by molar-refractivity contribution is 6.32. The highest BCUT2D eigenvalue weighted by atomic mass is 16.3. The summed E-state index contributed by atoms with van der Waals surface area (Å²) in [5.74, 6) is -11.9. The summed E-state index contributed by atoms with van der Waals surface area (Å²) in [7, 11) is 6.28. The lowest BCUT2D eigenvalue weighted by Gasteiger charge is -2.52. The van der Waals surface area contributed by atoms with Gasteiger partial charge in [-0.25, -0.2) is 0 Å². The number of hydrogen-bond acceptors (Lipinski definition) is 10. The number of phenols is 1. The third-order valence-corrected chi connectivity index (χ3v) is 7.99. The zero-order valence-electron chi connectivity index (χ0n) is 21.0. The molecule has 6 unspecified atom stereocenters. The summed E-state index contributed by atoms with van der Waals surface area (Å²) in [6.07, 6.45) is -0.0934. The van der Waals surface area contributed by atoms with Crippen molar-refractivity contribution < 1.29 is 39.0 Å². The molecule has 1 amide bonds. The molecule has 0 saturated heterocycles. The van der Waals surface area contributed by atoms with Crippen LogP contribution in [0.2, 0.25) is 0 Å². The van der Waals surface area contributed by atoms with Crippen LogP contribution in [-0.4, -0.2) is 94.7 Å². The van der Waals surface area contributed by atoms with E-state index in [0.717, 1.165) is 0 Å². The minimum absolute atomic E-state index is 0.00200. The largest absolute Gasteiger partial charge is 0.507 e. The molecule has 37 heavy (non-hydrogen) atoms. The van der Waals surface area contributed by atoms with Crippen LogP contribution in [0.3, 0.4) is 0 Å². The van der Waals surface area contributed by atoms with E-state index in [0.29, 0.717) is 0 Å². The molecule has 6 atom stereocenters. The van der Waals surface area contributed by atoms with Crippen molar-refractivity contribution >= 4 is 34.8 Å². The smallest absolute Gasteiger partial charge is 0.235 e. The van der Waals surface area contributed by atoms with Gasteiger partial charge in [0.1, 0.15) is 5.75 Å². The van der Waals surface area contributed by atoms with Crippen molar-refractivity contribution in [3.63, 3.8) is 0 Å². The Balaban J connectivity index is 1.87. The van der Waals surface area contributed by atoms with E-state index in [4.69, 9.17) is 5.73 Å². The minimum atomic E-state index is -2.79. The van der Waals surface area contributed by atoms with Gasteiger partial charge >= 0.3 is 0 Å². The summed E-state index contributed by atoms with van der Waals surface area (Å²) >= 11 is 0. The SMILES string of the molecule is C=C(C(=O)c1ccc(O)c2c1CC1CC3C(N(C)C)C(=O)C(C(N)=O)C(=O)C3(O)C(=O)C1C2=O)N(C)C. The van der Waals surface area contributed by atoms with Crippen LogP contribution < -0.4 is 5.73 Å². The lowest BCUT2D eigenvalue weighted by atomic mass is 9.52. The van der Waals surface area contributed by atoms with E-state index in [1.165, 1.54) is 36.0 Å². The molecule has 0 radical (unpaired) electrons. The monoisotopic (exact) mass is 511 g/mol. The average Bonchev–Trinajstić information content (AvgIpc) is 2.80. The lowest BCUT2D eigenvalue weighted by molar-refractivity contribution is -0.181. The third kappa shape index (κ3) is 3.56. The first kappa shape index (κ1) is 26.4. The van der Waals surface area contributed by atoms with Gasteiger partial charge < -0.3 is 20.8 Å². The molecule has 0 aromatic heterocycles. The Morgan fingerprint density at radius 2 is 1.70 bits per heavy atom. The predicted molar refractivity (Wildman–Crippen MR) is 129 cm³/mol. The number of fused-ring (bicyclic) bond motifs is 3. The van der Waals surface area contributed by atoms with Gasteiger partial charge in [0, 0.05) is 25.6 Å². The first-order chi connectivity index (χ1) is 17.2. The molecule has 4 rings (SSSR count). The summed E-state index contributed by atoms with van der Waals surface area (Å²) in [4.78, 5) is 81.9. The van der Waals surface area contributed by atoms with E-state index in [2.05, 4.69) is 6.58 Å². The number of allylic oxidation sites excluding steroid dienone is 1. The quantitative estimate of drug-likeness (QED) is 0.256. The molecule has 1 aromatic rings. The van der Waals surface area contributed by atoms with Crippen LogP contribution in [-0.2, 0) is 25.6 Å². The Bertz CT molecular complexity index is 1300. The Kier molecular flexibility index (Phi) is 6.20. The molecule has 3 aliphatic rings. The van der Waals surface area contributed by atoms with Crippen molar-refractivity contribution in [1.29, 1.82) is 0 Å². The summed E-state index contributed by atoms with van der Waals surface area (Å²) in [6.45, 7) is 3.77. The second kappa shape index (κ2) is 8.70. The summed E-state index contributed by atoms with van der Waals surface area (Å²) in [5.41, 5.74) is 2.80. The Hall–Kier alpha value is -3.70. The topological polar surface area (TPSA) is 175 Å². The molecule has 0 bridgehead atoms. The molecular formula is C26H29N3O8. The molecule has 196 valence electrons.